The van der Waals surface area contributed by atoms with E-state index in [0.717, 1.165) is 0 Å². The van der Waals surface area contributed by atoms with E-state index in [1.54, 1.807) is 27.7 Å². The number of esters is 1. The molecule has 1 unspecified atom stereocenters. The van der Waals surface area contributed by atoms with Crippen LogP contribution in [0.3, 0.4) is 0 Å². The molecular formula is C13H24N2O5. The molecule has 0 aliphatic carbocycles. The average molecular weight is 288 g/mol. The number of amides is 2. The minimum absolute atomic E-state index is 0.0881. The van der Waals surface area contributed by atoms with Gasteiger partial charge < -0.3 is 20.1 Å². The van der Waals surface area contributed by atoms with Crippen LogP contribution in [0.4, 0.5) is 4.79 Å². The van der Waals surface area contributed by atoms with Gasteiger partial charge in [0.2, 0.25) is 0 Å². The SMILES string of the molecule is COC(=O)C(NC(=O)N(CCC(=O)O)C(C)C)C(C)C. The lowest BCUT2D eigenvalue weighted by atomic mass is 10.1. The van der Waals surface area contributed by atoms with Crippen LogP contribution in [0.2, 0.25) is 0 Å². The van der Waals surface area contributed by atoms with Crippen LogP contribution < -0.4 is 5.32 Å². The van der Waals surface area contributed by atoms with Crippen LogP contribution in [0.25, 0.3) is 0 Å². The van der Waals surface area contributed by atoms with Gasteiger partial charge in [0, 0.05) is 12.6 Å². The van der Waals surface area contributed by atoms with E-state index in [9.17, 15) is 14.4 Å². The molecule has 0 bridgehead atoms. The summed E-state index contributed by atoms with van der Waals surface area (Å²) in [5, 5.41) is 11.3. The Bertz CT molecular complexity index is 355. The fourth-order valence-corrected chi connectivity index (χ4v) is 1.65. The van der Waals surface area contributed by atoms with Crippen LogP contribution in [-0.4, -0.2) is 53.7 Å². The van der Waals surface area contributed by atoms with Crippen LogP contribution in [0.5, 0.6) is 0 Å². The van der Waals surface area contributed by atoms with Crippen LogP contribution in [0, 0.1) is 5.92 Å². The Morgan fingerprint density at radius 2 is 1.75 bits per heavy atom. The Morgan fingerprint density at radius 1 is 1.20 bits per heavy atom. The fraction of sp³-hybridized carbons (Fsp3) is 0.769. The lowest BCUT2D eigenvalue weighted by molar-refractivity contribution is -0.144. The van der Waals surface area contributed by atoms with Gasteiger partial charge in [0.1, 0.15) is 6.04 Å². The number of hydrogen-bond donors (Lipinski definition) is 2. The van der Waals surface area contributed by atoms with Crippen LogP contribution in [0.15, 0.2) is 0 Å². The molecule has 0 aliphatic rings. The summed E-state index contributed by atoms with van der Waals surface area (Å²) >= 11 is 0. The highest BCUT2D eigenvalue weighted by atomic mass is 16.5. The third-order valence-electron chi connectivity index (χ3n) is 2.85. The summed E-state index contributed by atoms with van der Waals surface area (Å²) in [6.45, 7) is 7.23. The summed E-state index contributed by atoms with van der Waals surface area (Å²) in [4.78, 5) is 35.7. The second-order valence-electron chi connectivity index (χ2n) is 5.13. The molecule has 0 fully saturated rings. The quantitative estimate of drug-likeness (QED) is 0.683. The standard InChI is InChI=1S/C13H24N2O5/c1-8(2)11(12(18)20-5)14-13(19)15(9(3)4)7-6-10(16)17/h8-9,11H,6-7H2,1-5H3,(H,14,19)(H,16,17). The molecule has 0 saturated carbocycles. The maximum Gasteiger partial charge on any atom is 0.328 e. The highest BCUT2D eigenvalue weighted by Gasteiger charge is 2.28. The van der Waals surface area contributed by atoms with Crippen molar-refractivity contribution < 1.29 is 24.2 Å². The first-order valence-corrected chi connectivity index (χ1v) is 6.57. The van der Waals surface area contributed by atoms with E-state index in [1.807, 2.05) is 0 Å². The van der Waals surface area contributed by atoms with Crippen molar-refractivity contribution in [1.82, 2.24) is 10.2 Å². The van der Waals surface area contributed by atoms with Gasteiger partial charge in [0.15, 0.2) is 0 Å². The molecule has 20 heavy (non-hydrogen) atoms. The predicted molar refractivity (Wildman–Crippen MR) is 73.3 cm³/mol. The van der Waals surface area contributed by atoms with E-state index in [0.29, 0.717) is 0 Å². The number of rotatable bonds is 7. The molecule has 116 valence electrons. The Labute approximate surface area is 119 Å². The van der Waals surface area contributed by atoms with Crippen molar-refractivity contribution in [1.29, 1.82) is 0 Å². The summed E-state index contributed by atoms with van der Waals surface area (Å²) in [5.74, 6) is -1.62. The van der Waals surface area contributed by atoms with Gasteiger partial charge in [0.05, 0.1) is 13.5 Å². The zero-order chi connectivity index (χ0) is 15.9. The summed E-state index contributed by atoms with van der Waals surface area (Å²) in [6, 6.07) is -1.39. The largest absolute Gasteiger partial charge is 0.481 e. The maximum absolute atomic E-state index is 12.1. The molecule has 0 aromatic rings. The van der Waals surface area contributed by atoms with Crippen molar-refractivity contribution in [2.24, 2.45) is 5.92 Å². The van der Waals surface area contributed by atoms with Gasteiger partial charge in [-0.2, -0.15) is 0 Å². The normalized spacial score (nSPS) is 12.2. The third-order valence-corrected chi connectivity index (χ3v) is 2.85. The van der Waals surface area contributed by atoms with Crippen molar-refractivity contribution in [2.75, 3.05) is 13.7 Å². The van der Waals surface area contributed by atoms with Crippen molar-refractivity contribution in [3.63, 3.8) is 0 Å². The van der Waals surface area contributed by atoms with Crippen LogP contribution >= 0.6 is 0 Å². The van der Waals surface area contributed by atoms with Gasteiger partial charge in [-0.15, -0.1) is 0 Å². The monoisotopic (exact) mass is 288 g/mol. The molecule has 0 saturated heterocycles. The number of carboxylic acid groups (broad SMARTS) is 1. The number of nitrogens with one attached hydrogen (secondary N) is 1. The number of hydrogen-bond acceptors (Lipinski definition) is 4. The molecule has 0 rings (SSSR count). The molecule has 0 spiro atoms. The van der Waals surface area contributed by atoms with Gasteiger partial charge >= 0.3 is 18.0 Å². The smallest absolute Gasteiger partial charge is 0.328 e. The Hall–Kier alpha value is -1.79. The average Bonchev–Trinajstić information content (AvgIpc) is 2.33. The summed E-state index contributed by atoms with van der Waals surface area (Å²) in [5.41, 5.74) is 0. The van der Waals surface area contributed by atoms with Crippen LogP contribution in [-0.2, 0) is 14.3 Å². The van der Waals surface area contributed by atoms with Gasteiger partial charge in [-0.3, -0.25) is 4.79 Å². The van der Waals surface area contributed by atoms with E-state index in [2.05, 4.69) is 10.1 Å². The number of urea groups is 1. The second kappa shape index (κ2) is 8.39. The number of methoxy groups -OCH3 is 1. The van der Waals surface area contributed by atoms with Crippen LogP contribution in [0.1, 0.15) is 34.1 Å². The van der Waals surface area contributed by atoms with Crippen molar-refractivity contribution in [2.45, 2.75) is 46.2 Å². The first-order chi connectivity index (χ1) is 9.20. The third kappa shape index (κ3) is 5.90. The second-order valence-corrected chi connectivity index (χ2v) is 5.13. The number of carboxylic acids is 1. The number of nitrogens with zero attached hydrogens (tertiary/aromatic N) is 1. The topological polar surface area (TPSA) is 95.9 Å². The molecule has 0 aromatic heterocycles. The summed E-state index contributed by atoms with van der Waals surface area (Å²) in [6.07, 6.45) is -0.143. The van der Waals surface area contributed by atoms with Gasteiger partial charge in [-0.05, 0) is 19.8 Å². The van der Waals surface area contributed by atoms with Crippen molar-refractivity contribution >= 4 is 18.0 Å². The first-order valence-electron chi connectivity index (χ1n) is 6.57. The number of carbonyl (C=O) groups excluding carboxylic acids is 2. The van der Waals surface area contributed by atoms with E-state index < -0.39 is 24.0 Å². The van der Waals surface area contributed by atoms with E-state index in [1.165, 1.54) is 12.0 Å². The first kappa shape index (κ1) is 18.2. The maximum atomic E-state index is 12.1. The van der Waals surface area contributed by atoms with E-state index in [4.69, 9.17) is 5.11 Å². The minimum Gasteiger partial charge on any atom is -0.481 e. The number of ether oxygens (including phenoxy) is 1. The Balaban J connectivity index is 4.80. The summed E-state index contributed by atoms with van der Waals surface area (Å²) in [7, 11) is 1.26. The highest BCUT2D eigenvalue weighted by molar-refractivity contribution is 5.84. The molecule has 7 heteroatoms. The lowest BCUT2D eigenvalue weighted by Crippen LogP contribution is -2.52. The molecule has 7 nitrogen and oxygen atoms in total. The molecule has 0 heterocycles. The molecule has 0 aliphatic heterocycles. The molecular weight excluding hydrogens is 264 g/mol. The van der Waals surface area contributed by atoms with Gasteiger partial charge in [-0.1, -0.05) is 13.8 Å². The highest BCUT2D eigenvalue weighted by Crippen LogP contribution is 2.07. The minimum atomic E-state index is -0.975. The van der Waals surface area contributed by atoms with Gasteiger partial charge in [-0.25, -0.2) is 9.59 Å². The Kier molecular flexibility index (Phi) is 7.64. The molecule has 2 amide bonds. The van der Waals surface area contributed by atoms with Crippen molar-refractivity contribution in [3.05, 3.63) is 0 Å². The molecule has 1 atom stereocenters. The summed E-state index contributed by atoms with van der Waals surface area (Å²) < 4.78 is 4.65. The fourth-order valence-electron chi connectivity index (χ4n) is 1.65. The van der Waals surface area contributed by atoms with Gasteiger partial charge in [0.25, 0.3) is 0 Å². The number of aliphatic carboxylic acids is 1. The molecule has 0 aromatic carbocycles. The Morgan fingerprint density at radius 3 is 2.10 bits per heavy atom. The van der Waals surface area contributed by atoms with Crippen molar-refractivity contribution in [3.8, 4) is 0 Å². The molecule has 0 radical (unpaired) electrons. The number of carbonyl (C=O) groups is 3. The van der Waals surface area contributed by atoms with E-state index in [-0.39, 0.29) is 24.9 Å². The zero-order valence-electron chi connectivity index (χ0n) is 12.7. The predicted octanol–water partition coefficient (Wildman–Crippen LogP) is 1.08. The zero-order valence-corrected chi connectivity index (χ0v) is 12.7. The van der Waals surface area contributed by atoms with E-state index >= 15 is 0 Å². The molecule has 2 N–H and O–H groups in total. The lowest BCUT2D eigenvalue weighted by Gasteiger charge is -2.29.